The minimum absolute atomic E-state index is 0.147. The zero-order valence-electron chi connectivity index (χ0n) is 17.5. The number of benzene rings is 2. The van der Waals surface area contributed by atoms with Crippen molar-refractivity contribution in [1.82, 2.24) is 10.2 Å². The van der Waals surface area contributed by atoms with Crippen molar-refractivity contribution in [2.75, 3.05) is 12.0 Å². The first kappa shape index (κ1) is 21.0. The molecule has 5 nitrogen and oxygen atoms in total. The largest absolute Gasteiger partial charge is 0.496 e. The van der Waals surface area contributed by atoms with Gasteiger partial charge in [-0.3, -0.25) is 14.8 Å². The zero-order valence-corrected chi connectivity index (χ0v) is 17.5. The minimum Gasteiger partial charge on any atom is -0.496 e. The fraction of sp³-hybridized carbons (Fsp3) is 0.304. The maximum atomic E-state index is 13.4. The van der Waals surface area contributed by atoms with E-state index in [1.54, 1.807) is 12.1 Å². The average molecular weight is 429 g/mol. The van der Waals surface area contributed by atoms with Crippen LogP contribution in [0.4, 0.5) is 18.9 Å². The highest BCUT2D eigenvalue weighted by Gasteiger charge is 2.46. The van der Waals surface area contributed by atoms with Crippen LogP contribution in [-0.2, 0) is 11.6 Å². The number of hydrogen-bond donors (Lipinski definition) is 1. The van der Waals surface area contributed by atoms with Crippen LogP contribution in [0.2, 0.25) is 0 Å². The third-order valence-electron chi connectivity index (χ3n) is 5.39. The molecule has 0 unspecified atom stereocenters. The molecule has 0 spiro atoms. The van der Waals surface area contributed by atoms with Gasteiger partial charge in [0.25, 0.3) is 5.91 Å². The lowest BCUT2D eigenvalue weighted by atomic mass is 9.85. The normalized spacial score (nSPS) is 16.5. The van der Waals surface area contributed by atoms with E-state index in [1.807, 2.05) is 32.9 Å². The molecule has 162 valence electrons. The molecule has 1 aliphatic heterocycles. The molecule has 1 N–H and O–H groups in total. The maximum Gasteiger partial charge on any atom is 0.416 e. The predicted octanol–water partition coefficient (Wildman–Crippen LogP) is 5.48. The fourth-order valence-corrected chi connectivity index (χ4v) is 4.00. The maximum absolute atomic E-state index is 13.4. The highest BCUT2D eigenvalue weighted by Crippen LogP contribution is 2.47. The first-order valence-electron chi connectivity index (χ1n) is 9.76. The molecule has 0 saturated heterocycles. The molecule has 31 heavy (non-hydrogen) atoms. The van der Waals surface area contributed by atoms with E-state index in [2.05, 4.69) is 10.2 Å². The number of carbonyl (C=O) groups excluding carboxylic acids is 1. The van der Waals surface area contributed by atoms with E-state index in [1.165, 1.54) is 24.1 Å². The first-order valence-corrected chi connectivity index (χ1v) is 9.76. The molecule has 2 aromatic carbocycles. The van der Waals surface area contributed by atoms with Crippen molar-refractivity contribution >= 4 is 11.6 Å². The monoisotopic (exact) mass is 429 g/mol. The van der Waals surface area contributed by atoms with Crippen LogP contribution in [0, 0.1) is 0 Å². The molecule has 1 aliphatic rings. The smallest absolute Gasteiger partial charge is 0.416 e. The number of rotatable bonds is 3. The van der Waals surface area contributed by atoms with Gasteiger partial charge in [0.15, 0.2) is 5.69 Å². The molecule has 8 heteroatoms. The number of H-pyrrole nitrogens is 1. The van der Waals surface area contributed by atoms with Gasteiger partial charge in [-0.1, -0.05) is 45.0 Å². The summed E-state index contributed by atoms with van der Waals surface area (Å²) in [7, 11) is 1.52. The van der Waals surface area contributed by atoms with E-state index in [0.29, 0.717) is 16.9 Å². The summed E-state index contributed by atoms with van der Waals surface area (Å²) in [6.45, 7) is 5.95. The average Bonchev–Trinajstić information content (AvgIpc) is 3.26. The molecule has 0 fully saturated rings. The van der Waals surface area contributed by atoms with E-state index in [4.69, 9.17) is 4.74 Å². The SMILES string of the molecule is COc1ccccc1[C@H]1c2c(n[nH]c2C(C)(C)C)C(=O)N1c1cccc(C(F)(F)F)c1. The number of methoxy groups -OCH3 is 1. The van der Waals surface area contributed by atoms with Gasteiger partial charge in [0.05, 0.1) is 18.7 Å². The Morgan fingerprint density at radius 2 is 1.77 bits per heavy atom. The molecule has 0 aliphatic carbocycles. The van der Waals surface area contributed by atoms with Crippen LogP contribution >= 0.6 is 0 Å². The van der Waals surface area contributed by atoms with Gasteiger partial charge in [0, 0.05) is 27.9 Å². The summed E-state index contributed by atoms with van der Waals surface area (Å²) < 4.78 is 45.6. The lowest BCUT2D eigenvalue weighted by Crippen LogP contribution is -2.30. The van der Waals surface area contributed by atoms with Crippen LogP contribution in [-0.4, -0.2) is 23.2 Å². The number of aromatic nitrogens is 2. The van der Waals surface area contributed by atoms with Crippen LogP contribution in [0.5, 0.6) is 5.75 Å². The molecule has 3 aromatic rings. The lowest BCUT2D eigenvalue weighted by Gasteiger charge is -2.29. The van der Waals surface area contributed by atoms with Gasteiger partial charge in [-0.2, -0.15) is 18.3 Å². The molecule has 1 amide bonds. The summed E-state index contributed by atoms with van der Waals surface area (Å²) in [6, 6.07) is 11.3. The standard InChI is InChI=1S/C23H22F3N3O2/c1-22(2,3)20-17-18(27-28-20)21(30)29(14-9-7-8-13(12-14)23(24,25)26)19(17)15-10-5-6-11-16(15)31-4/h5-12,19H,1-4H3,(H,27,28)/t19-/m0/s1. The van der Waals surface area contributed by atoms with Crippen molar-refractivity contribution in [1.29, 1.82) is 0 Å². The Balaban J connectivity index is 1.97. The molecular formula is C23H22F3N3O2. The fourth-order valence-electron chi connectivity index (χ4n) is 4.00. The molecule has 0 bridgehead atoms. The second-order valence-corrected chi connectivity index (χ2v) is 8.48. The number of nitrogens with zero attached hydrogens (tertiary/aromatic N) is 2. The Morgan fingerprint density at radius 3 is 2.42 bits per heavy atom. The van der Waals surface area contributed by atoms with Crippen LogP contribution in [0.3, 0.4) is 0 Å². The van der Waals surface area contributed by atoms with Crippen molar-refractivity contribution in [3.63, 3.8) is 0 Å². The Hall–Kier alpha value is -3.29. The molecule has 4 rings (SSSR count). The van der Waals surface area contributed by atoms with Crippen molar-refractivity contribution < 1.29 is 22.7 Å². The van der Waals surface area contributed by atoms with Gasteiger partial charge in [0.1, 0.15) is 5.75 Å². The zero-order chi connectivity index (χ0) is 22.6. The molecule has 2 heterocycles. The van der Waals surface area contributed by atoms with Gasteiger partial charge < -0.3 is 4.74 Å². The molecule has 0 saturated carbocycles. The van der Waals surface area contributed by atoms with Gasteiger partial charge in [-0.25, -0.2) is 0 Å². The Kier molecular flexibility index (Phi) is 4.83. The second-order valence-electron chi connectivity index (χ2n) is 8.48. The van der Waals surface area contributed by atoms with E-state index in [0.717, 1.165) is 17.8 Å². The van der Waals surface area contributed by atoms with E-state index < -0.39 is 23.7 Å². The van der Waals surface area contributed by atoms with Crippen molar-refractivity contribution in [3.8, 4) is 5.75 Å². The molecule has 1 aromatic heterocycles. The van der Waals surface area contributed by atoms with Gasteiger partial charge in [0.2, 0.25) is 0 Å². The van der Waals surface area contributed by atoms with Crippen LogP contribution < -0.4 is 9.64 Å². The van der Waals surface area contributed by atoms with Gasteiger partial charge in [-0.05, 0) is 24.3 Å². The highest BCUT2D eigenvalue weighted by atomic mass is 19.4. The summed E-state index contributed by atoms with van der Waals surface area (Å²) in [6.07, 6.45) is -4.52. The molecular weight excluding hydrogens is 407 g/mol. The summed E-state index contributed by atoms with van der Waals surface area (Å²) in [4.78, 5) is 14.8. The second kappa shape index (κ2) is 7.14. The van der Waals surface area contributed by atoms with E-state index >= 15 is 0 Å². The number of fused-ring (bicyclic) bond motifs is 1. The first-order chi connectivity index (χ1) is 14.5. The van der Waals surface area contributed by atoms with Crippen LogP contribution in [0.15, 0.2) is 48.5 Å². The number of nitrogens with one attached hydrogen (secondary N) is 1. The Morgan fingerprint density at radius 1 is 1.06 bits per heavy atom. The minimum atomic E-state index is -4.52. The number of aromatic amines is 1. The third-order valence-corrected chi connectivity index (χ3v) is 5.39. The summed E-state index contributed by atoms with van der Waals surface area (Å²) in [5, 5.41) is 7.22. The number of carbonyl (C=O) groups is 1. The predicted molar refractivity (Wildman–Crippen MR) is 110 cm³/mol. The topological polar surface area (TPSA) is 58.2 Å². The summed E-state index contributed by atoms with van der Waals surface area (Å²) >= 11 is 0. The number of alkyl halides is 3. The van der Waals surface area contributed by atoms with E-state index in [-0.39, 0.29) is 16.8 Å². The number of hydrogen-bond acceptors (Lipinski definition) is 3. The number of anilines is 1. The number of amides is 1. The quantitative estimate of drug-likeness (QED) is 0.599. The Labute approximate surface area is 177 Å². The molecule has 0 radical (unpaired) electrons. The highest BCUT2D eigenvalue weighted by molar-refractivity contribution is 6.11. The van der Waals surface area contributed by atoms with Crippen molar-refractivity contribution in [2.24, 2.45) is 0 Å². The number of ether oxygens (including phenoxy) is 1. The van der Waals surface area contributed by atoms with E-state index in [9.17, 15) is 18.0 Å². The number of halogens is 3. The lowest BCUT2D eigenvalue weighted by molar-refractivity contribution is -0.137. The van der Waals surface area contributed by atoms with Crippen molar-refractivity contribution in [2.45, 2.75) is 38.4 Å². The third kappa shape index (κ3) is 3.45. The van der Waals surface area contributed by atoms with Crippen LogP contribution in [0.25, 0.3) is 0 Å². The van der Waals surface area contributed by atoms with Gasteiger partial charge in [-0.15, -0.1) is 0 Å². The Bertz CT molecular complexity index is 1150. The van der Waals surface area contributed by atoms with Crippen LogP contribution in [0.1, 0.15) is 59.7 Å². The summed E-state index contributed by atoms with van der Waals surface area (Å²) in [5.41, 5.74) is 1.23. The van der Waals surface area contributed by atoms with Gasteiger partial charge >= 0.3 is 6.18 Å². The molecule has 1 atom stereocenters. The van der Waals surface area contributed by atoms with Crippen molar-refractivity contribution in [3.05, 3.63) is 76.6 Å². The number of para-hydroxylation sites is 1. The summed E-state index contributed by atoms with van der Waals surface area (Å²) in [5.74, 6) is 0.0724.